The molecule has 0 radical (unpaired) electrons. The first-order valence-electron chi connectivity index (χ1n) is 8.90. The van der Waals surface area contributed by atoms with Crippen molar-refractivity contribution in [3.63, 3.8) is 0 Å². The Hall–Kier alpha value is -1.55. The molecule has 4 saturated heterocycles. The third kappa shape index (κ3) is 2.35. The molecule has 4 aliphatic rings. The second-order valence-electron chi connectivity index (χ2n) is 7.13. The molecule has 0 saturated carbocycles. The number of piperidine rings is 3. The first-order chi connectivity index (χ1) is 11.2. The van der Waals surface area contributed by atoms with Crippen LogP contribution in [-0.2, 0) is 4.79 Å². The Morgan fingerprint density at radius 1 is 1.17 bits per heavy atom. The van der Waals surface area contributed by atoms with Gasteiger partial charge in [-0.05, 0) is 49.5 Å². The van der Waals surface area contributed by atoms with Gasteiger partial charge in [0.25, 0.3) is 0 Å². The van der Waals surface area contributed by atoms with E-state index in [-0.39, 0.29) is 0 Å². The lowest BCUT2D eigenvalue weighted by Crippen LogP contribution is -2.60. The minimum Gasteiger partial charge on any atom is -0.497 e. The van der Waals surface area contributed by atoms with E-state index < -0.39 is 0 Å². The van der Waals surface area contributed by atoms with Crippen molar-refractivity contribution in [2.75, 3.05) is 26.7 Å². The molecule has 4 heterocycles. The van der Waals surface area contributed by atoms with E-state index in [1.54, 1.807) is 7.11 Å². The predicted molar refractivity (Wildman–Crippen MR) is 89.6 cm³/mol. The Kier molecular flexibility index (Phi) is 3.80. The van der Waals surface area contributed by atoms with E-state index in [0.29, 0.717) is 36.2 Å². The van der Waals surface area contributed by atoms with E-state index in [4.69, 9.17) is 4.74 Å². The van der Waals surface area contributed by atoms with Gasteiger partial charge >= 0.3 is 0 Å². The van der Waals surface area contributed by atoms with E-state index in [1.165, 1.54) is 31.5 Å². The van der Waals surface area contributed by atoms with Gasteiger partial charge in [0.15, 0.2) is 0 Å². The molecular weight excluding hydrogens is 288 g/mol. The van der Waals surface area contributed by atoms with E-state index in [2.05, 4.69) is 21.9 Å². The average molecular weight is 314 g/mol. The van der Waals surface area contributed by atoms with Crippen LogP contribution >= 0.6 is 0 Å². The van der Waals surface area contributed by atoms with E-state index in [9.17, 15) is 4.79 Å². The maximum Gasteiger partial charge on any atom is 0.222 e. The molecule has 0 aromatic heterocycles. The molecule has 4 nitrogen and oxygen atoms in total. The Balaban J connectivity index is 1.67. The van der Waals surface area contributed by atoms with Gasteiger partial charge in [-0.3, -0.25) is 9.69 Å². The van der Waals surface area contributed by atoms with Crippen LogP contribution in [-0.4, -0.2) is 54.5 Å². The SMILES string of the molecule is CCC(=O)N1C[C@@H](c2ccc(OC)cc2)[C@@H]2[C@H]1C1CCN2CC1. The molecule has 0 spiro atoms. The quantitative estimate of drug-likeness (QED) is 0.859. The second-order valence-corrected chi connectivity index (χ2v) is 7.13. The van der Waals surface area contributed by atoms with Crippen molar-refractivity contribution >= 4 is 5.91 Å². The van der Waals surface area contributed by atoms with Crippen molar-refractivity contribution in [1.82, 2.24) is 9.80 Å². The second kappa shape index (κ2) is 5.82. The molecule has 5 rings (SSSR count). The lowest BCUT2D eigenvalue weighted by Gasteiger charge is -2.51. The number of nitrogens with zero attached hydrogens (tertiary/aromatic N) is 2. The normalized spacial score (nSPS) is 35.2. The van der Waals surface area contributed by atoms with Crippen LogP contribution in [0.4, 0.5) is 0 Å². The fraction of sp³-hybridized carbons (Fsp3) is 0.632. The molecule has 3 atom stereocenters. The number of likely N-dealkylation sites (tertiary alicyclic amines) is 1. The molecule has 4 aliphatic heterocycles. The smallest absolute Gasteiger partial charge is 0.222 e. The molecule has 0 N–H and O–H groups in total. The number of fused-ring (bicyclic) bond motifs is 2. The predicted octanol–water partition coefficient (Wildman–Crippen LogP) is 2.49. The van der Waals surface area contributed by atoms with Crippen LogP contribution < -0.4 is 4.74 Å². The van der Waals surface area contributed by atoms with Crippen molar-refractivity contribution in [3.05, 3.63) is 29.8 Å². The largest absolute Gasteiger partial charge is 0.497 e. The van der Waals surface area contributed by atoms with Crippen LogP contribution in [0.2, 0.25) is 0 Å². The molecule has 0 aliphatic carbocycles. The number of amides is 1. The molecular formula is C19H26N2O2. The number of carbonyl (C=O) groups is 1. The highest BCUT2D eigenvalue weighted by Gasteiger charge is 2.54. The van der Waals surface area contributed by atoms with Gasteiger partial charge in [0, 0.05) is 24.9 Å². The van der Waals surface area contributed by atoms with Crippen LogP contribution in [0.3, 0.4) is 0 Å². The lowest BCUT2D eigenvalue weighted by atomic mass is 9.75. The summed E-state index contributed by atoms with van der Waals surface area (Å²) in [6, 6.07) is 9.40. The van der Waals surface area contributed by atoms with E-state index in [1.807, 2.05) is 19.1 Å². The fourth-order valence-corrected chi connectivity index (χ4v) is 5.05. The van der Waals surface area contributed by atoms with Crippen LogP contribution in [0.15, 0.2) is 24.3 Å². The zero-order chi connectivity index (χ0) is 16.0. The third-order valence-corrected chi connectivity index (χ3v) is 6.16. The monoisotopic (exact) mass is 314 g/mol. The number of hydrogen-bond acceptors (Lipinski definition) is 3. The van der Waals surface area contributed by atoms with E-state index in [0.717, 1.165) is 12.3 Å². The minimum atomic E-state index is 0.324. The van der Waals surface area contributed by atoms with Crippen molar-refractivity contribution in [2.45, 2.75) is 44.2 Å². The molecule has 1 aromatic carbocycles. The molecule has 1 amide bonds. The Morgan fingerprint density at radius 2 is 1.87 bits per heavy atom. The molecule has 1 aromatic rings. The zero-order valence-corrected chi connectivity index (χ0v) is 14.1. The van der Waals surface area contributed by atoms with Gasteiger partial charge < -0.3 is 9.64 Å². The summed E-state index contributed by atoms with van der Waals surface area (Å²) < 4.78 is 5.29. The molecule has 0 unspecified atom stereocenters. The number of hydrogen-bond donors (Lipinski definition) is 0. The summed E-state index contributed by atoms with van der Waals surface area (Å²) >= 11 is 0. The maximum atomic E-state index is 12.5. The highest BCUT2D eigenvalue weighted by molar-refractivity contribution is 5.77. The number of benzene rings is 1. The highest BCUT2D eigenvalue weighted by atomic mass is 16.5. The van der Waals surface area contributed by atoms with Crippen molar-refractivity contribution < 1.29 is 9.53 Å². The van der Waals surface area contributed by atoms with Gasteiger partial charge in [-0.15, -0.1) is 0 Å². The van der Waals surface area contributed by atoms with Crippen LogP contribution in [0.5, 0.6) is 5.75 Å². The maximum absolute atomic E-state index is 12.5. The van der Waals surface area contributed by atoms with Gasteiger partial charge in [0.05, 0.1) is 13.2 Å². The summed E-state index contributed by atoms with van der Waals surface area (Å²) in [5.74, 6) is 2.35. The summed E-state index contributed by atoms with van der Waals surface area (Å²) in [6.45, 7) is 5.26. The number of ether oxygens (including phenoxy) is 1. The summed E-state index contributed by atoms with van der Waals surface area (Å²) in [4.78, 5) is 17.4. The van der Waals surface area contributed by atoms with Crippen molar-refractivity contribution in [2.24, 2.45) is 5.92 Å². The van der Waals surface area contributed by atoms with Gasteiger partial charge in [-0.25, -0.2) is 0 Å². The van der Waals surface area contributed by atoms with Gasteiger partial charge in [0.2, 0.25) is 5.91 Å². The third-order valence-electron chi connectivity index (χ3n) is 6.16. The van der Waals surface area contributed by atoms with Gasteiger partial charge in [-0.2, -0.15) is 0 Å². The topological polar surface area (TPSA) is 32.8 Å². The van der Waals surface area contributed by atoms with Gasteiger partial charge in [0.1, 0.15) is 5.75 Å². The molecule has 4 fully saturated rings. The van der Waals surface area contributed by atoms with Crippen molar-refractivity contribution in [3.8, 4) is 5.75 Å². The molecule has 4 heteroatoms. The summed E-state index contributed by atoms with van der Waals surface area (Å²) in [7, 11) is 1.70. The number of rotatable bonds is 3. The summed E-state index contributed by atoms with van der Waals surface area (Å²) in [6.07, 6.45) is 3.12. The number of methoxy groups -OCH3 is 1. The highest BCUT2D eigenvalue weighted by Crippen LogP contribution is 2.46. The molecule has 124 valence electrons. The van der Waals surface area contributed by atoms with Gasteiger partial charge in [-0.1, -0.05) is 19.1 Å². The van der Waals surface area contributed by atoms with Crippen LogP contribution in [0.25, 0.3) is 0 Å². The number of carbonyl (C=O) groups excluding carboxylic acids is 1. The van der Waals surface area contributed by atoms with Crippen LogP contribution in [0.1, 0.15) is 37.7 Å². The average Bonchev–Trinajstić information content (AvgIpc) is 3.05. The first kappa shape index (κ1) is 15.0. The fourth-order valence-electron chi connectivity index (χ4n) is 5.05. The zero-order valence-electron chi connectivity index (χ0n) is 14.1. The lowest BCUT2D eigenvalue weighted by molar-refractivity contribution is -0.135. The Morgan fingerprint density at radius 3 is 2.48 bits per heavy atom. The van der Waals surface area contributed by atoms with Crippen molar-refractivity contribution in [1.29, 1.82) is 0 Å². The first-order valence-corrected chi connectivity index (χ1v) is 8.90. The van der Waals surface area contributed by atoms with E-state index >= 15 is 0 Å². The van der Waals surface area contributed by atoms with Crippen LogP contribution in [0, 0.1) is 5.92 Å². The molecule has 23 heavy (non-hydrogen) atoms. The Labute approximate surface area is 138 Å². The molecule has 2 bridgehead atoms. The summed E-state index contributed by atoms with van der Waals surface area (Å²) in [5, 5.41) is 0. The summed E-state index contributed by atoms with van der Waals surface area (Å²) in [5.41, 5.74) is 1.35. The Bertz CT molecular complexity index is 578. The minimum absolute atomic E-state index is 0.324. The standard InChI is InChI=1S/C19H26N2O2/c1-3-17(22)21-12-16(13-4-6-15(23-2)7-5-13)19-18(21)14-8-10-20(19)11-9-14/h4-7,14,16,18-19H,3,8-12H2,1-2H3/t16-,18+,19+/m0/s1.